The molecule has 6 heteroatoms. The Morgan fingerprint density at radius 1 is 0.253 bits per heavy atom. The van der Waals surface area contributed by atoms with E-state index in [4.69, 9.17) is 14.2 Å². The van der Waals surface area contributed by atoms with Gasteiger partial charge in [0.05, 0.1) is 0 Å². The number of rotatable bonds is 63. The van der Waals surface area contributed by atoms with E-state index in [1.807, 2.05) is 0 Å². The molecular formula is C77H130O6. The van der Waals surface area contributed by atoms with Gasteiger partial charge in [0.25, 0.3) is 0 Å². The maximum absolute atomic E-state index is 13.0. The topological polar surface area (TPSA) is 78.9 Å². The number of hydrogen-bond donors (Lipinski definition) is 0. The van der Waals surface area contributed by atoms with Crippen molar-refractivity contribution in [2.75, 3.05) is 13.2 Å². The van der Waals surface area contributed by atoms with E-state index in [0.29, 0.717) is 19.3 Å². The second-order valence-corrected chi connectivity index (χ2v) is 23.1. The zero-order valence-corrected chi connectivity index (χ0v) is 54.4. The number of carbonyl (C=O) groups excluding carboxylic acids is 3. The SMILES string of the molecule is CC/C=C\C/C=C\C/C=C\C/C=C\C/C=C\C/C=C\CCCCCCC(=O)OCC(COC(=O)CCCCCCCC/C=C\C/C=C\C/C=C\CCCCC)OC(=O)CCCCCCCCCCCCC/C=C\CCCCCCCCCC. The van der Waals surface area contributed by atoms with Crippen LogP contribution in [0, 0.1) is 0 Å². The smallest absolute Gasteiger partial charge is 0.306 e. The standard InChI is InChI=1S/C77H130O6/c1-4-7-10-13-16-19-22-25-28-31-34-36-38-40-43-46-49-52-55-58-61-64-67-70-76(79)82-73-74(72-81-75(78)69-66-63-60-57-54-51-48-45-42-33-30-27-24-21-18-15-12-9-6-3)83-77(80)71-68-65-62-59-56-53-50-47-44-41-39-37-35-32-29-26-23-20-17-14-11-8-5-2/h7,10,16,18-19,21,25,27-28,30,32,34-36,40,42-43,45,49,52,74H,4-6,8-9,11-15,17,20,22-24,26,29,31,33,37-39,41,44,46-48,50-51,53-73H2,1-3H3/b10-7-,19-16-,21-18-,28-25-,30-27-,35-32-,36-34-,43-40-,45-42-,52-49-. The molecule has 0 N–H and O–H groups in total. The zero-order chi connectivity index (χ0) is 59.9. The van der Waals surface area contributed by atoms with Crippen LogP contribution in [0.5, 0.6) is 0 Å². The van der Waals surface area contributed by atoms with Gasteiger partial charge in [0.2, 0.25) is 0 Å². The molecule has 0 aliphatic carbocycles. The summed E-state index contributed by atoms with van der Waals surface area (Å²) in [5, 5.41) is 0. The number of carbonyl (C=O) groups is 3. The predicted molar refractivity (Wildman–Crippen MR) is 362 cm³/mol. The van der Waals surface area contributed by atoms with Gasteiger partial charge in [0.15, 0.2) is 6.10 Å². The van der Waals surface area contributed by atoms with E-state index in [1.54, 1.807) is 0 Å². The predicted octanol–water partition coefficient (Wildman–Crippen LogP) is 24.3. The Bertz CT molecular complexity index is 1700. The molecule has 0 spiro atoms. The lowest BCUT2D eigenvalue weighted by Crippen LogP contribution is -2.30. The van der Waals surface area contributed by atoms with Crippen molar-refractivity contribution in [3.05, 3.63) is 122 Å². The Balaban J connectivity index is 4.46. The first-order valence-electron chi connectivity index (χ1n) is 35.0. The van der Waals surface area contributed by atoms with Crippen molar-refractivity contribution < 1.29 is 28.6 Å². The van der Waals surface area contributed by atoms with Crippen LogP contribution in [0.4, 0.5) is 0 Å². The van der Waals surface area contributed by atoms with E-state index in [9.17, 15) is 14.4 Å². The summed E-state index contributed by atoms with van der Waals surface area (Å²) in [6.07, 6.45) is 97.8. The van der Waals surface area contributed by atoms with Crippen molar-refractivity contribution in [1.82, 2.24) is 0 Å². The highest BCUT2D eigenvalue weighted by Gasteiger charge is 2.19. The van der Waals surface area contributed by atoms with Crippen LogP contribution in [0.2, 0.25) is 0 Å². The maximum atomic E-state index is 13.0. The summed E-state index contributed by atoms with van der Waals surface area (Å²) >= 11 is 0. The van der Waals surface area contributed by atoms with Crippen molar-refractivity contribution in [2.45, 2.75) is 335 Å². The average Bonchev–Trinajstić information content (AvgIpc) is 3.49. The fourth-order valence-corrected chi connectivity index (χ4v) is 9.68. The van der Waals surface area contributed by atoms with Gasteiger partial charge in [-0.3, -0.25) is 14.4 Å². The molecule has 474 valence electrons. The zero-order valence-electron chi connectivity index (χ0n) is 54.4. The Labute approximate surface area is 513 Å². The van der Waals surface area contributed by atoms with E-state index in [-0.39, 0.29) is 31.1 Å². The van der Waals surface area contributed by atoms with Gasteiger partial charge in [0.1, 0.15) is 13.2 Å². The molecule has 83 heavy (non-hydrogen) atoms. The lowest BCUT2D eigenvalue weighted by Gasteiger charge is -2.18. The van der Waals surface area contributed by atoms with Gasteiger partial charge in [-0.25, -0.2) is 0 Å². The number of allylic oxidation sites excluding steroid dienone is 20. The molecule has 0 saturated carbocycles. The minimum Gasteiger partial charge on any atom is -0.462 e. The van der Waals surface area contributed by atoms with Crippen molar-refractivity contribution in [3.63, 3.8) is 0 Å². The summed E-state index contributed by atoms with van der Waals surface area (Å²) in [6, 6.07) is 0. The molecule has 0 aromatic heterocycles. The van der Waals surface area contributed by atoms with Gasteiger partial charge in [-0.2, -0.15) is 0 Å². The average molecular weight is 1150 g/mol. The third-order valence-corrected chi connectivity index (χ3v) is 14.9. The van der Waals surface area contributed by atoms with Crippen molar-refractivity contribution >= 4 is 17.9 Å². The van der Waals surface area contributed by atoms with Gasteiger partial charge in [0, 0.05) is 19.3 Å². The lowest BCUT2D eigenvalue weighted by atomic mass is 10.0. The van der Waals surface area contributed by atoms with Gasteiger partial charge >= 0.3 is 17.9 Å². The molecule has 0 heterocycles. The molecule has 0 radical (unpaired) electrons. The second-order valence-electron chi connectivity index (χ2n) is 23.1. The van der Waals surface area contributed by atoms with E-state index >= 15 is 0 Å². The quantitative estimate of drug-likeness (QED) is 0.0261. The largest absolute Gasteiger partial charge is 0.462 e. The fraction of sp³-hybridized carbons (Fsp3) is 0.701. The summed E-state index contributed by atoms with van der Waals surface area (Å²) in [4.78, 5) is 38.5. The normalized spacial score (nSPS) is 12.9. The monoisotopic (exact) mass is 1150 g/mol. The maximum Gasteiger partial charge on any atom is 0.306 e. The molecule has 0 rings (SSSR count). The molecule has 0 amide bonds. The van der Waals surface area contributed by atoms with E-state index in [2.05, 4.69) is 142 Å². The molecule has 1 atom stereocenters. The van der Waals surface area contributed by atoms with Crippen LogP contribution in [0.15, 0.2) is 122 Å². The van der Waals surface area contributed by atoms with Crippen LogP contribution >= 0.6 is 0 Å². The molecule has 0 saturated heterocycles. The first-order chi connectivity index (χ1) is 41.0. The van der Waals surface area contributed by atoms with Crippen LogP contribution in [-0.2, 0) is 28.6 Å². The fourth-order valence-electron chi connectivity index (χ4n) is 9.68. The van der Waals surface area contributed by atoms with E-state index in [1.165, 1.54) is 161 Å². The highest BCUT2D eigenvalue weighted by molar-refractivity contribution is 5.71. The molecule has 6 nitrogen and oxygen atoms in total. The molecule has 0 bridgehead atoms. The first kappa shape index (κ1) is 78.8. The lowest BCUT2D eigenvalue weighted by molar-refractivity contribution is -0.167. The second kappa shape index (κ2) is 70.3. The summed E-state index contributed by atoms with van der Waals surface area (Å²) in [5.41, 5.74) is 0. The van der Waals surface area contributed by atoms with Crippen LogP contribution in [0.25, 0.3) is 0 Å². The highest BCUT2D eigenvalue weighted by Crippen LogP contribution is 2.16. The van der Waals surface area contributed by atoms with Crippen LogP contribution < -0.4 is 0 Å². The number of ether oxygens (including phenoxy) is 3. The van der Waals surface area contributed by atoms with Crippen LogP contribution in [0.3, 0.4) is 0 Å². The van der Waals surface area contributed by atoms with Gasteiger partial charge in [-0.1, -0.05) is 296 Å². The molecule has 0 fully saturated rings. The van der Waals surface area contributed by atoms with Crippen LogP contribution in [-0.4, -0.2) is 37.2 Å². The Morgan fingerprint density at radius 3 is 0.771 bits per heavy atom. The van der Waals surface area contributed by atoms with Crippen LogP contribution in [0.1, 0.15) is 329 Å². The minimum atomic E-state index is -0.801. The molecule has 1 unspecified atom stereocenters. The van der Waals surface area contributed by atoms with Crippen molar-refractivity contribution in [1.29, 1.82) is 0 Å². The Kier molecular flexibility index (Phi) is 66.7. The van der Waals surface area contributed by atoms with E-state index < -0.39 is 6.10 Å². The Morgan fingerprint density at radius 2 is 0.470 bits per heavy atom. The molecular weight excluding hydrogens is 1020 g/mol. The van der Waals surface area contributed by atoms with Crippen molar-refractivity contribution in [2.24, 2.45) is 0 Å². The summed E-state index contributed by atoms with van der Waals surface area (Å²) in [5.74, 6) is -0.922. The third kappa shape index (κ3) is 68.5. The summed E-state index contributed by atoms with van der Waals surface area (Å²) < 4.78 is 17.0. The highest BCUT2D eigenvalue weighted by atomic mass is 16.6. The van der Waals surface area contributed by atoms with Crippen molar-refractivity contribution in [3.8, 4) is 0 Å². The van der Waals surface area contributed by atoms with Gasteiger partial charge in [-0.05, 0) is 135 Å². The molecule has 0 aromatic carbocycles. The third-order valence-electron chi connectivity index (χ3n) is 14.9. The van der Waals surface area contributed by atoms with E-state index in [0.717, 1.165) is 128 Å². The number of esters is 3. The minimum absolute atomic E-state index is 0.0949. The number of unbranched alkanes of at least 4 members (excludes halogenated alkanes) is 32. The van der Waals surface area contributed by atoms with Gasteiger partial charge in [-0.15, -0.1) is 0 Å². The molecule has 0 aliphatic heterocycles. The molecule has 0 aliphatic rings. The first-order valence-corrected chi connectivity index (χ1v) is 35.0. The Hall–Kier alpha value is -4.19. The van der Waals surface area contributed by atoms with Gasteiger partial charge < -0.3 is 14.2 Å². The number of hydrogen-bond acceptors (Lipinski definition) is 6. The summed E-state index contributed by atoms with van der Waals surface area (Å²) in [7, 11) is 0. The molecule has 0 aromatic rings. The summed E-state index contributed by atoms with van der Waals surface area (Å²) in [6.45, 7) is 6.50.